The maximum Gasteiger partial charge on any atom is 0.176 e. The van der Waals surface area contributed by atoms with E-state index in [9.17, 15) is 4.79 Å². The van der Waals surface area contributed by atoms with Gasteiger partial charge in [0, 0.05) is 21.7 Å². The average Bonchev–Trinajstić information content (AvgIpc) is 3.12. The van der Waals surface area contributed by atoms with Gasteiger partial charge in [0.15, 0.2) is 5.78 Å². The molecule has 21 heavy (non-hydrogen) atoms. The summed E-state index contributed by atoms with van der Waals surface area (Å²) in [5, 5.41) is 4.23. The quantitative estimate of drug-likeness (QED) is 0.783. The van der Waals surface area contributed by atoms with Crippen LogP contribution in [0.4, 0.5) is 0 Å². The molecule has 0 spiro atoms. The van der Waals surface area contributed by atoms with Gasteiger partial charge in [-0.1, -0.05) is 6.07 Å². The topological polar surface area (TPSA) is 20.3 Å². The zero-order valence-corrected chi connectivity index (χ0v) is 13.6. The lowest BCUT2D eigenvalue weighted by atomic mass is 9.82. The molecule has 0 amide bonds. The van der Waals surface area contributed by atoms with Crippen molar-refractivity contribution in [3.05, 3.63) is 33.8 Å². The highest BCUT2D eigenvalue weighted by Crippen LogP contribution is 2.36. The summed E-state index contributed by atoms with van der Waals surface area (Å²) in [6.45, 7) is 3.49. The van der Waals surface area contributed by atoms with Crippen molar-refractivity contribution >= 4 is 28.5 Å². The summed E-state index contributed by atoms with van der Waals surface area (Å²) in [6.07, 6.45) is 3.47. The van der Waals surface area contributed by atoms with Crippen LogP contribution in [0.25, 0.3) is 10.4 Å². The summed E-state index contributed by atoms with van der Waals surface area (Å²) in [5.74, 6) is 1.27. The molecule has 3 aliphatic rings. The van der Waals surface area contributed by atoms with Crippen LogP contribution in [-0.2, 0) is 0 Å². The number of Topliss-reactive ketones (excluding diaryl/α,β-unsaturated/α-hetero) is 1. The minimum absolute atomic E-state index is 0.257. The second-order valence-corrected chi connectivity index (χ2v) is 7.97. The Morgan fingerprint density at radius 2 is 1.95 bits per heavy atom. The van der Waals surface area contributed by atoms with Gasteiger partial charge in [-0.3, -0.25) is 4.79 Å². The number of hydrogen-bond acceptors (Lipinski definition) is 4. The minimum Gasteiger partial charge on any atom is -0.303 e. The van der Waals surface area contributed by atoms with Crippen molar-refractivity contribution in [1.29, 1.82) is 0 Å². The fourth-order valence-electron chi connectivity index (χ4n) is 3.70. The van der Waals surface area contributed by atoms with Crippen LogP contribution in [0.3, 0.4) is 0 Å². The third-order valence-electron chi connectivity index (χ3n) is 4.94. The number of rotatable bonds is 3. The van der Waals surface area contributed by atoms with Crippen molar-refractivity contribution in [3.63, 3.8) is 0 Å². The molecule has 0 radical (unpaired) electrons. The number of nitrogens with zero attached hydrogens (tertiary/aromatic N) is 1. The Hall–Kier alpha value is -0.970. The van der Waals surface area contributed by atoms with Crippen LogP contribution in [0.2, 0.25) is 0 Å². The molecule has 1 unspecified atom stereocenters. The minimum atomic E-state index is 0.257. The smallest absolute Gasteiger partial charge is 0.176 e. The lowest BCUT2D eigenvalue weighted by Gasteiger charge is -2.28. The normalized spacial score (nSPS) is 28.5. The Kier molecular flexibility index (Phi) is 3.69. The second-order valence-electron chi connectivity index (χ2n) is 6.12. The van der Waals surface area contributed by atoms with Crippen LogP contribution >= 0.6 is 22.7 Å². The van der Waals surface area contributed by atoms with Gasteiger partial charge in [0.05, 0.1) is 4.88 Å². The Morgan fingerprint density at radius 3 is 2.71 bits per heavy atom. The van der Waals surface area contributed by atoms with Gasteiger partial charge >= 0.3 is 0 Å². The average molecular weight is 317 g/mol. The molecule has 110 valence electrons. The van der Waals surface area contributed by atoms with E-state index in [1.165, 1.54) is 36.4 Å². The molecule has 0 aromatic carbocycles. The van der Waals surface area contributed by atoms with Gasteiger partial charge in [0.2, 0.25) is 0 Å². The van der Waals surface area contributed by atoms with Gasteiger partial charge in [-0.15, -0.1) is 22.7 Å². The van der Waals surface area contributed by atoms with Crippen molar-refractivity contribution in [2.45, 2.75) is 19.3 Å². The maximum atomic E-state index is 12.9. The fraction of sp³-hybridized carbons (Fsp3) is 0.471. The molecule has 5 heterocycles. The first-order valence-electron chi connectivity index (χ1n) is 7.70. The SMILES string of the molecule is O=C(c1cc(-c2cccs2)cs1)C1CCN2CCC1CC2. The highest BCUT2D eigenvalue weighted by molar-refractivity contribution is 7.15. The second kappa shape index (κ2) is 5.67. The summed E-state index contributed by atoms with van der Waals surface area (Å²) < 4.78 is 0. The van der Waals surface area contributed by atoms with Crippen molar-refractivity contribution < 1.29 is 4.79 Å². The van der Waals surface area contributed by atoms with Gasteiger partial charge in [0.1, 0.15) is 0 Å². The summed E-state index contributed by atoms with van der Waals surface area (Å²) in [7, 11) is 0. The lowest BCUT2D eigenvalue weighted by molar-refractivity contribution is 0.0864. The molecule has 2 aromatic heterocycles. The molecule has 0 N–H and O–H groups in total. The van der Waals surface area contributed by atoms with Crippen LogP contribution < -0.4 is 0 Å². The molecular weight excluding hydrogens is 298 g/mol. The molecule has 3 fully saturated rings. The third kappa shape index (κ3) is 2.60. The first-order valence-corrected chi connectivity index (χ1v) is 9.46. The van der Waals surface area contributed by atoms with E-state index in [2.05, 4.69) is 33.9 Å². The van der Waals surface area contributed by atoms with E-state index in [0.29, 0.717) is 11.7 Å². The van der Waals surface area contributed by atoms with Crippen LogP contribution in [0.15, 0.2) is 29.0 Å². The van der Waals surface area contributed by atoms with Crippen LogP contribution in [0.5, 0.6) is 0 Å². The first kappa shape index (κ1) is 13.7. The fourth-order valence-corrected chi connectivity index (χ4v) is 5.40. The number of piperidine rings is 1. The van der Waals surface area contributed by atoms with Gasteiger partial charge in [-0.2, -0.15) is 0 Å². The van der Waals surface area contributed by atoms with E-state index in [1.807, 2.05) is 0 Å². The Bertz CT molecular complexity index is 623. The van der Waals surface area contributed by atoms with Crippen LogP contribution in [-0.4, -0.2) is 30.3 Å². The molecule has 2 nitrogen and oxygen atoms in total. The molecule has 0 aliphatic carbocycles. The van der Waals surface area contributed by atoms with Gasteiger partial charge < -0.3 is 4.90 Å². The molecule has 4 heteroatoms. The van der Waals surface area contributed by atoms with Gasteiger partial charge in [-0.05, 0) is 62.3 Å². The molecular formula is C17H19NOS2. The van der Waals surface area contributed by atoms with Gasteiger partial charge in [0.25, 0.3) is 0 Å². The van der Waals surface area contributed by atoms with E-state index in [-0.39, 0.29) is 5.92 Å². The molecule has 5 rings (SSSR count). The van der Waals surface area contributed by atoms with Crippen LogP contribution in [0, 0.1) is 11.8 Å². The first-order chi connectivity index (χ1) is 10.3. The summed E-state index contributed by atoms with van der Waals surface area (Å²) in [5.41, 5.74) is 1.21. The van der Waals surface area contributed by atoms with Crippen molar-refractivity contribution in [2.75, 3.05) is 19.6 Å². The van der Waals surface area contributed by atoms with E-state index in [4.69, 9.17) is 0 Å². The number of fused-ring (bicyclic) bond motifs is 4. The van der Waals surface area contributed by atoms with Crippen molar-refractivity contribution in [2.24, 2.45) is 11.8 Å². The molecule has 2 aromatic rings. The predicted octanol–water partition coefficient (Wildman–Crippen LogP) is 4.39. The highest BCUT2D eigenvalue weighted by Gasteiger charge is 2.35. The van der Waals surface area contributed by atoms with Crippen molar-refractivity contribution in [3.8, 4) is 10.4 Å². The van der Waals surface area contributed by atoms with Gasteiger partial charge in [-0.25, -0.2) is 0 Å². The van der Waals surface area contributed by atoms with Crippen LogP contribution in [0.1, 0.15) is 28.9 Å². The van der Waals surface area contributed by atoms with E-state index >= 15 is 0 Å². The molecule has 3 saturated heterocycles. The van der Waals surface area contributed by atoms with E-state index in [1.54, 1.807) is 22.7 Å². The van der Waals surface area contributed by atoms with E-state index in [0.717, 1.165) is 17.8 Å². The molecule has 2 bridgehead atoms. The standard InChI is InChI=1S/C17H19NOS2/c19-17(14-5-8-18-6-3-12(14)4-7-18)16-10-13(11-21-16)15-2-1-9-20-15/h1-2,9-12,14H,3-8H2. The number of carbonyl (C=O) groups is 1. The summed E-state index contributed by atoms with van der Waals surface area (Å²) in [4.78, 5) is 17.7. The summed E-state index contributed by atoms with van der Waals surface area (Å²) >= 11 is 3.37. The maximum absolute atomic E-state index is 12.9. The number of carbonyl (C=O) groups excluding carboxylic acids is 1. The zero-order chi connectivity index (χ0) is 14.2. The highest BCUT2D eigenvalue weighted by atomic mass is 32.1. The number of ketones is 1. The largest absolute Gasteiger partial charge is 0.303 e. The summed E-state index contributed by atoms with van der Waals surface area (Å²) in [6, 6.07) is 6.30. The molecule has 3 aliphatic heterocycles. The molecule has 1 atom stereocenters. The Morgan fingerprint density at radius 1 is 1.14 bits per heavy atom. The van der Waals surface area contributed by atoms with Crippen molar-refractivity contribution in [1.82, 2.24) is 4.90 Å². The van der Waals surface area contributed by atoms with E-state index < -0.39 is 0 Å². The Labute approximate surface area is 133 Å². The molecule has 0 saturated carbocycles. The number of hydrogen-bond donors (Lipinski definition) is 0. The zero-order valence-electron chi connectivity index (χ0n) is 12.0. The number of thiophene rings is 2. The Balaban J connectivity index is 1.57. The predicted molar refractivity (Wildman–Crippen MR) is 89.2 cm³/mol. The lowest BCUT2D eigenvalue weighted by Crippen LogP contribution is -2.31. The third-order valence-corrected chi connectivity index (χ3v) is 6.81. The monoisotopic (exact) mass is 317 g/mol.